The molecule has 7 heteroatoms. The zero-order valence-corrected chi connectivity index (χ0v) is 9.31. The Morgan fingerprint density at radius 3 is 2.69 bits per heavy atom. The van der Waals surface area contributed by atoms with E-state index in [1.807, 2.05) is 4.90 Å². The quantitative estimate of drug-likeness (QED) is 0.768. The predicted molar refractivity (Wildman–Crippen MR) is 59.1 cm³/mol. The Morgan fingerprint density at radius 2 is 2.06 bits per heavy atom. The van der Waals surface area contributed by atoms with E-state index in [0.29, 0.717) is 30.4 Å². The Bertz CT molecular complexity index is 428. The smallest absolute Gasteiger partial charge is 0.356 e. The predicted octanol–water partition coefficient (Wildman–Crippen LogP) is -0.256. The number of hydrogen-bond acceptors (Lipinski definition) is 5. The van der Waals surface area contributed by atoms with Crippen molar-refractivity contribution in [3.8, 4) is 0 Å². The highest BCUT2D eigenvalue weighted by Crippen LogP contribution is 2.12. The van der Waals surface area contributed by atoms with Crippen LogP contribution in [0.15, 0.2) is 12.4 Å². The topological polar surface area (TPSA) is 83.4 Å². The molecule has 0 bridgehead atoms. The molecule has 2 heterocycles. The lowest BCUT2D eigenvalue weighted by atomic mass is 10.4. The minimum Gasteiger partial charge on any atom is -0.476 e. The van der Waals surface area contributed by atoms with Crippen LogP contribution in [0.3, 0.4) is 0 Å². The fraction of sp³-hybridized carbons (Fsp3) is 0.444. The third kappa shape index (κ3) is 2.35. The fourth-order valence-corrected chi connectivity index (χ4v) is 2.53. The van der Waals surface area contributed by atoms with E-state index in [1.54, 1.807) is 0 Å². The van der Waals surface area contributed by atoms with Gasteiger partial charge in [-0.2, -0.15) is 0 Å². The summed E-state index contributed by atoms with van der Waals surface area (Å²) in [6.45, 7) is 1.26. The van der Waals surface area contributed by atoms with Gasteiger partial charge >= 0.3 is 5.97 Å². The van der Waals surface area contributed by atoms with Crippen LogP contribution in [0, 0.1) is 0 Å². The van der Waals surface area contributed by atoms with Crippen molar-refractivity contribution in [3.05, 3.63) is 18.1 Å². The van der Waals surface area contributed by atoms with Gasteiger partial charge in [-0.15, -0.1) is 0 Å². The lowest BCUT2D eigenvalue weighted by Crippen LogP contribution is -2.38. The van der Waals surface area contributed by atoms with Crippen LogP contribution >= 0.6 is 0 Å². The Morgan fingerprint density at radius 1 is 1.38 bits per heavy atom. The number of hydrogen-bond donors (Lipinski definition) is 1. The van der Waals surface area contributed by atoms with Crippen molar-refractivity contribution in [2.24, 2.45) is 0 Å². The van der Waals surface area contributed by atoms with E-state index >= 15 is 0 Å². The molecule has 1 aliphatic heterocycles. The third-order valence-electron chi connectivity index (χ3n) is 2.34. The van der Waals surface area contributed by atoms with Gasteiger partial charge < -0.3 is 10.0 Å². The Kier molecular flexibility index (Phi) is 3.14. The van der Waals surface area contributed by atoms with Crippen molar-refractivity contribution in [1.29, 1.82) is 0 Å². The molecule has 0 spiro atoms. The number of aromatic carboxylic acids is 1. The first kappa shape index (κ1) is 11.0. The van der Waals surface area contributed by atoms with E-state index in [9.17, 15) is 9.00 Å². The number of carboxylic acids is 1. The summed E-state index contributed by atoms with van der Waals surface area (Å²) in [5.74, 6) is 0.643. The lowest BCUT2D eigenvalue weighted by molar-refractivity contribution is 0.0690. The molecule has 1 aromatic rings. The third-order valence-corrected chi connectivity index (χ3v) is 3.62. The molecule has 0 unspecified atom stereocenters. The highest BCUT2D eigenvalue weighted by Gasteiger charge is 2.17. The summed E-state index contributed by atoms with van der Waals surface area (Å²) in [6.07, 6.45) is 2.74. The van der Waals surface area contributed by atoms with Crippen molar-refractivity contribution in [2.75, 3.05) is 29.5 Å². The first-order chi connectivity index (χ1) is 7.66. The minimum absolute atomic E-state index is 0.0656. The summed E-state index contributed by atoms with van der Waals surface area (Å²) < 4.78 is 11.2. The van der Waals surface area contributed by atoms with Gasteiger partial charge in [-0.3, -0.25) is 9.19 Å². The van der Waals surface area contributed by atoms with Gasteiger partial charge in [-0.25, -0.2) is 9.78 Å². The monoisotopic (exact) mass is 241 g/mol. The molecule has 86 valence electrons. The van der Waals surface area contributed by atoms with E-state index in [-0.39, 0.29) is 5.69 Å². The second-order valence-electron chi connectivity index (χ2n) is 3.40. The largest absolute Gasteiger partial charge is 0.476 e. The number of rotatable bonds is 2. The molecule has 0 aromatic carbocycles. The van der Waals surface area contributed by atoms with Crippen LogP contribution in [0.1, 0.15) is 10.5 Å². The summed E-state index contributed by atoms with van der Waals surface area (Å²) in [5.41, 5.74) is -0.0656. The Balaban J connectivity index is 2.17. The zero-order chi connectivity index (χ0) is 11.5. The Labute approximate surface area is 94.8 Å². The summed E-state index contributed by atoms with van der Waals surface area (Å²) in [7, 11) is -0.755. The summed E-state index contributed by atoms with van der Waals surface area (Å²) in [6, 6.07) is 0. The standard InChI is InChI=1S/C9H11N3O3S/c13-9(14)7-5-10-6-8(11-7)12-1-3-16(15)4-2-12/h5-6H,1-4H2,(H,13,14). The van der Waals surface area contributed by atoms with Crippen LogP contribution in [0.25, 0.3) is 0 Å². The van der Waals surface area contributed by atoms with Gasteiger partial charge in [0, 0.05) is 35.4 Å². The van der Waals surface area contributed by atoms with Gasteiger partial charge in [-0.05, 0) is 0 Å². The summed E-state index contributed by atoms with van der Waals surface area (Å²) >= 11 is 0. The van der Waals surface area contributed by atoms with Crippen LogP contribution in [0.2, 0.25) is 0 Å². The number of aromatic nitrogens is 2. The SMILES string of the molecule is O=C(O)c1cncc(N2CCS(=O)CC2)n1. The number of carboxylic acid groups (broad SMARTS) is 1. The van der Waals surface area contributed by atoms with E-state index < -0.39 is 16.8 Å². The van der Waals surface area contributed by atoms with Crippen LogP contribution in [0.4, 0.5) is 5.82 Å². The molecule has 0 aliphatic carbocycles. The first-order valence-electron chi connectivity index (χ1n) is 4.82. The molecule has 1 aliphatic rings. The average molecular weight is 241 g/mol. The molecule has 2 rings (SSSR count). The molecule has 0 atom stereocenters. The molecule has 1 aromatic heterocycles. The van der Waals surface area contributed by atoms with E-state index in [2.05, 4.69) is 9.97 Å². The normalized spacial score (nSPS) is 17.4. The average Bonchev–Trinajstić information content (AvgIpc) is 2.30. The maximum atomic E-state index is 11.2. The molecule has 6 nitrogen and oxygen atoms in total. The Hall–Kier alpha value is -1.50. The van der Waals surface area contributed by atoms with E-state index in [4.69, 9.17) is 5.11 Å². The molecule has 1 fully saturated rings. The summed E-state index contributed by atoms with van der Waals surface area (Å²) in [5, 5.41) is 8.78. The first-order valence-corrected chi connectivity index (χ1v) is 6.31. The maximum absolute atomic E-state index is 11.2. The molecule has 0 radical (unpaired) electrons. The number of carbonyl (C=O) groups is 1. The second kappa shape index (κ2) is 4.56. The van der Waals surface area contributed by atoms with Gasteiger partial charge in [-0.1, -0.05) is 0 Å². The van der Waals surface area contributed by atoms with Crippen molar-refractivity contribution < 1.29 is 14.1 Å². The van der Waals surface area contributed by atoms with Gasteiger partial charge in [0.1, 0.15) is 5.82 Å². The minimum atomic E-state index is -1.09. The van der Waals surface area contributed by atoms with Crippen molar-refractivity contribution in [3.63, 3.8) is 0 Å². The van der Waals surface area contributed by atoms with Crippen LogP contribution < -0.4 is 4.90 Å². The number of anilines is 1. The molecule has 1 N–H and O–H groups in total. The molecule has 16 heavy (non-hydrogen) atoms. The fourth-order valence-electron chi connectivity index (χ4n) is 1.48. The van der Waals surface area contributed by atoms with Crippen LogP contribution in [-0.4, -0.2) is 49.8 Å². The summed E-state index contributed by atoms with van der Waals surface area (Å²) in [4.78, 5) is 20.4. The molecule has 0 amide bonds. The molecular formula is C9H11N3O3S. The highest BCUT2D eigenvalue weighted by molar-refractivity contribution is 7.85. The van der Waals surface area contributed by atoms with Crippen LogP contribution in [-0.2, 0) is 10.8 Å². The van der Waals surface area contributed by atoms with Crippen molar-refractivity contribution in [1.82, 2.24) is 9.97 Å². The highest BCUT2D eigenvalue weighted by atomic mass is 32.2. The van der Waals surface area contributed by atoms with Crippen molar-refractivity contribution in [2.45, 2.75) is 0 Å². The van der Waals surface area contributed by atoms with Gasteiger partial charge in [0.15, 0.2) is 5.69 Å². The zero-order valence-electron chi connectivity index (χ0n) is 8.50. The molecular weight excluding hydrogens is 230 g/mol. The van der Waals surface area contributed by atoms with Crippen LogP contribution in [0.5, 0.6) is 0 Å². The van der Waals surface area contributed by atoms with Crippen molar-refractivity contribution >= 4 is 22.6 Å². The second-order valence-corrected chi connectivity index (χ2v) is 5.10. The van der Waals surface area contributed by atoms with E-state index in [1.165, 1.54) is 12.4 Å². The van der Waals surface area contributed by atoms with Gasteiger partial charge in [0.2, 0.25) is 0 Å². The van der Waals surface area contributed by atoms with Gasteiger partial charge in [0.25, 0.3) is 0 Å². The maximum Gasteiger partial charge on any atom is 0.356 e. The van der Waals surface area contributed by atoms with E-state index in [0.717, 1.165) is 0 Å². The lowest BCUT2D eigenvalue weighted by Gasteiger charge is -2.26. The number of nitrogens with zero attached hydrogens (tertiary/aromatic N) is 3. The molecule has 0 saturated carbocycles. The van der Waals surface area contributed by atoms with Gasteiger partial charge in [0.05, 0.1) is 12.4 Å². The molecule has 1 saturated heterocycles.